The van der Waals surface area contributed by atoms with Gasteiger partial charge in [0, 0.05) is 30.9 Å². The van der Waals surface area contributed by atoms with Crippen molar-refractivity contribution >= 4 is 29.3 Å². The van der Waals surface area contributed by atoms with Gasteiger partial charge in [0.1, 0.15) is 11.7 Å². The first kappa shape index (κ1) is 20.7. The van der Waals surface area contributed by atoms with Gasteiger partial charge in [0.25, 0.3) is 5.91 Å². The molecule has 0 saturated carbocycles. The third kappa shape index (κ3) is 7.65. The fourth-order valence-corrected chi connectivity index (χ4v) is 2.46. The van der Waals surface area contributed by atoms with Crippen molar-refractivity contribution in [3.63, 3.8) is 0 Å². The van der Waals surface area contributed by atoms with Crippen molar-refractivity contribution in [3.8, 4) is 0 Å². The zero-order chi connectivity index (χ0) is 19.9. The largest absolute Gasteiger partial charge is 0.444 e. The molecule has 0 radical (unpaired) electrons. The SMILES string of the molecule is CC(C)(C)OC(=O)NCCC(=O)Nc1ccc(NC(=O)C2CCCO2)cc1. The Kier molecular flexibility index (Phi) is 7.18. The van der Waals surface area contributed by atoms with E-state index < -0.39 is 11.7 Å². The number of hydrogen-bond acceptors (Lipinski definition) is 5. The van der Waals surface area contributed by atoms with Gasteiger partial charge in [-0.2, -0.15) is 0 Å². The Morgan fingerprint density at radius 3 is 2.30 bits per heavy atom. The molecule has 1 aliphatic rings. The van der Waals surface area contributed by atoms with Crippen LogP contribution < -0.4 is 16.0 Å². The molecule has 8 nitrogen and oxygen atoms in total. The molecular formula is C19H27N3O5. The van der Waals surface area contributed by atoms with E-state index in [1.807, 2.05) is 0 Å². The third-order valence-electron chi connectivity index (χ3n) is 3.68. The van der Waals surface area contributed by atoms with E-state index in [-0.39, 0.29) is 30.9 Å². The molecule has 1 aliphatic heterocycles. The number of hydrogen-bond donors (Lipinski definition) is 3. The number of rotatable bonds is 6. The van der Waals surface area contributed by atoms with Gasteiger partial charge >= 0.3 is 6.09 Å². The number of alkyl carbamates (subject to hydrolysis) is 1. The minimum atomic E-state index is -0.576. The van der Waals surface area contributed by atoms with Crippen molar-refractivity contribution in [1.82, 2.24) is 5.32 Å². The van der Waals surface area contributed by atoms with Crippen LogP contribution in [0.3, 0.4) is 0 Å². The van der Waals surface area contributed by atoms with Crippen molar-refractivity contribution < 1.29 is 23.9 Å². The number of anilines is 2. The van der Waals surface area contributed by atoms with E-state index in [1.54, 1.807) is 45.0 Å². The normalized spacial score (nSPS) is 16.5. The molecular weight excluding hydrogens is 350 g/mol. The molecule has 2 rings (SSSR count). The summed E-state index contributed by atoms with van der Waals surface area (Å²) in [5.74, 6) is -0.389. The maximum absolute atomic E-state index is 12.0. The molecule has 1 saturated heterocycles. The Bertz CT molecular complexity index is 661. The summed E-state index contributed by atoms with van der Waals surface area (Å²) >= 11 is 0. The molecule has 0 aliphatic carbocycles. The van der Waals surface area contributed by atoms with Gasteiger partial charge in [0.05, 0.1) is 0 Å². The Morgan fingerprint density at radius 2 is 1.74 bits per heavy atom. The molecule has 0 spiro atoms. The van der Waals surface area contributed by atoms with E-state index in [0.717, 1.165) is 12.8 Å². The zero-order valence-electron chi connectivity index (χ0n) is 16.0. The molecule has 27 heavy (non-hydrogen) atoms. The maximum Gasteiger partial charge on any atom is 0.407 e. The van der Waals surface area contributed by atoms with E-state index in [4.69, 9.17) is 9.47 Å². The molecule has 1 atom stereocenters. The van der Waals surface area contributed by atoms with Crippen LogP contribution in [0.1, 0.15) is 40.0 Å². The van der Waals surface area contributed by atoms with E-state index in [1.165, 1.54) is 0 Å². The Balaban J connectivity index is 1.71. The number of carbonyl (C=O) groups is 3. The number of nitrogens with one attached hydrogen (secondary N) is 3. The summed E-state index contributed by atoms with van der Waals surface area (Å²) in [7, 11) is 0. The highest BCUT2D eigenvalue weighted by atomic mass is 16.6. The predicted octanol–water partition coefficient (Wildman–Crippen LogP) is 2.66. The van der Waals surface area contributed by atoms with Gasteiger partial charge in [-0.1, -0.05) is 0 Å². The molecule has 1 heterocycles. The molecule has 1 unspecified atom stereocenters. The summed E-state index contributed by atoms with van der Waals surface area (Å²) in [5, 5.41) is 8.05. The summed E-state index contributed by atoms with van der Waals surface area (Å²) in [6.07, 6.45) is 0.809. The second-order valence-corrected chi connectivity index (χ2v) is 7.30. The summed E-state index contributed by atoms with van der Waals surface area (Å²) in [6, 6.07) is 6.82. The fourth-order valence-electron chi connectivity index (χ4n) is 2.46. The van der Waals surface area contributed by atoms with Crippen LogP contribution in [-0.2, 0) is 19.1 Å². The average molecular weight is 377 g/mol. The van der Waals surface area contributed by atoms with Crippen molar-refractivity contribution in [2.75, 3.05) is 23.8 Å². The molecule has 8 heteroatoms. The summed E-state index contributed by atoms with van der Waals surface area (Å²) in [4.78, 5) is 35.4. The molecule has 1 fully saturated rings. The van der Waals surface area contributed by atoms with Crippen molar-refractivity contribution in [1.29, 1.82) is 0 Å². The monoisotopic (exact) mass is 377 g/mol. The molecule has 0 aromatic heterocycles. The third-order valence-corrected chi connectivity index (χ3v) is 3.68. The van der Waals surface area contributed by atoms with Crippen molar-refractivity contribution in [2.45, 2.75) is 51.7 Å². The van der Waals surface area contributed by atoms with E-state index in [0.29, 0.717) is 18.0 Å². The van der Waals surface area contributed by atoms with Gasteiger partial charge in [-0.3, -0.25) is 9.59 Å². The van der Waals surface area contributed by atoms with E-state index in [2.05, 4.69) is 16.0 Å². The zero-order valence-corrected chi connectivity index (χ0v) is 16.0. The molecule has 0 bridgehead atoms. The maximum atomic E-state index is 12.0. The lowest BCUT2D eigenvalue weighted by Crippen LogP contribution is -2.34. The fraction of sp³-hybridized carbons (Fsp3) is 0.526. The van der Waals surface area contributed by atoms with Crippen molar-refractivity contribution in [3.05, 3.63) is 24.3 Å². The van der Waals surface area contributed by atoms with Crippen LogP contribution in [-0.4, -0.2) is 42.8 Å². The summed E-state index contributed by atoms with van der Waals surface area (Å²) < 4.78 is 10.4. The van der Waals surface area contributed by atoms with Crippen LogP contribution in [0.25, 0.3) is 0 Å². The minimum absolute atomic E-state index is 0.122. The smallest absolute Gasteiger partial charge is 0.407 e. The van der Waals surface area contributed by atoms with Crippen LogP contribution in [0.5, 0.6) is 0 Å². The summed E-state index contributed by atoms with van der Waals surface area (Å²) in [6.45, 7) is 6.10. The van der Waals surface area contributed by atoms with Crippen LogP contribution in [0.15, 0.2) is 24.3 Å². The topological polar surface area (TPSA) is 106 Å². The molecule has 3 amide bonds. The second kappa shape index (κ2) is 9.36. The number of amides is 3. The Morgan fingerprint density at radius 1 is 1.11 bits per heavy atom. The van der Waals surface area contributed by atoms with E-state index in [9.17, 15) is 14.4 Å². The second-order valence-electron chi connectivity index (χ2n) is 7.30. The van der Waals surface area contributed by atoms with Gasteiger partial charge in [-0.15, -0.1) is 0 Å². The number of benzene rings is 1. The lowest BCUT2D eigenvalue weighted by Gasteiger charge is -2.19. The van der Waals surface area contributed by atoms with E-state index >= 15 is 0 Å². The highest BCUT2D eigenvalue weighted by Gasteiger charge is 2.23. The van der Waals surface area contributed by atoms with Crippen LogP contribution in [0.2, 0.25) is 0 Å². The quantitative estimate of drug-likeness (QED) is 0.707. The molecule has 148 valence electrons. The minimum Gasteiger partial charge on any atom is -0.444 e. The van der Waals surface area contributed by atoms with Crippen LogP contribution in [0, 0.1) is 0 Å². The van der Waals surface area contributed by atoms with Gasteiger partial charge < -0.3 is 25.4 Å². The van der Waals surface area contributed by atoms with Gasteiger partial charge in [-0.25, -0.2) is 4.79 Å². The highest BCUT2D eigenvalue weighted by molar-refractivity contribution is 5.95. The lowest BCUT2D eigenvalue weighted by atomic mass is 10.2. The van der Waals surface area contributed by atoms with Crippen LogP contribution >= 0.6 is 0 Å². The Labute approximate surface area is 159 Å². The molecule has 1 aromatic carbocycles. The van der Waals surface area contributed by atoms with Gasteiger partial charge in [0.2, 0.25) is 5.91 Å². The first-order chi connectivity index (χ1) is 12.7. The average Bonchev–Trinajstić information content (AvgIpc) is 3.09. The number of ether oxygens (including phenoxy) is 2. The molecule has 1 aromatic rings. The van der Waals surface area contributed by atoms with Gasteiger partial charge in [0.15, 0.2) is 0 Å². The number of carbonyl (C=O) groups excluding carboxylic acids is 3. The summed E-state index contributed by atoms with van der Waals surface area (Å²) in [5.41, 5.74) is 0.667. The first-order valence-corrected chi connectivity index (χ1v) is 9.02. The Hall–Kier alpha value is -2.61. The predicted molar refractivity (Wildman–Crippen MR) is 102 cm³/mol. The molecule has 3 N–H and O–H groups in total. The first-order valence-electron chi connectivity index (χ1n) is 9.02. The van der Waals surface area contributed by atoms with Crippen LogP contribution in [0.4, 0.5) is 16.2 Å². The lowest BCUT2D eigenvalue weighted by molar-refractivity contribution is -0.124. The van der Waals surface area contributed by atoms with Gasteiger partial charge in [-0.05, 0) is 57.9 Å². The standard InChI is InChI=1S/C19H27N3O5/c1-19(2,3)27-18(25)20-11-10-16(23)21-13-6-8-14(9-7-13)22-17(24)15-5-4-12-26-15/h6-9,15H,4-5,10-12H2,1-3H3,(H,20,25)(H,21,23)(H,22,24). The highest BCUT2D eigenvalue weighted by Crippen LogP contribution is 2.17. The van der Waals surface area contributed by atoms with Crippen molar-refractivity contribution in [2.24, 2.45) is 0 Å².